The van der Waals surface area contributed by atoms with Gasteiger partial charge >= 0.3 is 0 Å². The van der Waals surface area contributed by atoms with Gasteiger partial charge in [-0.25, -0.2) is 0 Å². The molecule has 0 bridgehead atoms. The van der Waals surface area contributed by atoms with Crippen molar-refractivity contribution in [1.29, 1.82) is 0 Å². The van der Waals surface area contributed by atoms with Gasteiger partial charge in [-0.05, 0) is 12.5 Å². The molecule has 0 saturated carbocycles. The molecule has 1 aromatic carbocycles. The predicted octanol–water partition coefficient (Wildman–Crippen LogP) is 0.888. The van der Waals surface area contributed by atoms with Crippen LogP contribution in [-0.2, 0) is 4.79 Å². The summed E-state index contributed by atoms with van der Waals surface area (Å²) in [6.45, 7) is 3.45. The Bertz CT molecular complexity index is 443. The number of benzene rings is 1. The Labute approximate surface area is 107 Å². The molecule has 4 heteroatoms. The van der Waals surface area contributed by atoms with Crippen LogP contribution in [0.5, 0.6) is 5.75 Å². The summed E-state index contributed by atoms with van der Waals surface area (Å²) >= 11 is 0. The monoisotopic (exact) mass is 246 g/mol. The highest BCUT2D eigenvalue weighted by atomic mass is 16.5. The molecule has 2 heterocycles. The van der Waals surface area contributed by atoms with E-state index in [0.29, 0.717) is 12.5 Å². The molecule has 4 nitrogen and oxygen atoms in total. The largest absolute Gasteiger partial charge is 0.493 e. The highest BCUT2D eigenvalue weighted by Gasteiger charge is 2.28. The van der Waals surface area contributed by atoms with E-state index in [1.807, 2.05) is 24.3 Å². The third kappa shape index (κ3) is 2.20. The van der Waals surface area contributed by atoms with Crippen LogP contribution in [0, 0.1) is 5.92 Å². The number of hydrogen-bond donors (Lipinski definition) is 2. The number of fused-ring (bicyclic) bond motifs is 1. The quantitative estimate of drug-likeness (QED) is 0.832. The van der Waals surface area contributed by atoms with Crippen LogP contribution in [0.3, 0.4) is 0 Å². The Morgan fingerprint density at radius 1 is 1.39 bits per heavy atom. The van der Waals surface area contributed by atoms with Crippen LogP contribution in [0.2, 0.25) is 0 Å². The standard InChI is InChI=1S/C14H18N2O2/c17-14(16-9-10-7-15-8-10)12-5-6-18-13-4-2-1-3-11(12)13/h1-4,10,12,15H,5-9H2,(H,16,17). The minimum Gasteiger partial charge on any atom is -0.493 e. The molecule has 96 valence electrons. The molecule has 2 N–H and O–H groups in total. The number of rotatable bonds is 3. The number of carbonyl (C=O) groups is 1. The molecule has 1 fully saturated rings. The summed E-state index contributed by atoms with van der Waals surface area (Å²) in [4.78, 5) is 12.2. The molecule has 0 aromatic heterocycles. The van der Waals surface area contributed by atoms with Gasteiger partial charge in [0.05, 0.1) is 12.5 Å². The molecule has 1 aromatic rings. The van der Waals surface area contributed by atoms with E-state index in [4.69, 9.17) is 4.74 Å². The third-order valence-electron chi connectivity index (χ3n) is 3.71. The van der Waals surface area contributed by atoms with Crippen molar-refractivity contribution in [2.24, 2.45) is 5.92 Å². The zero-order valence-corrected chi connectivity index (χ0v) is 10.3. The maximum absolute atomic E-state index is 12.2. The van der Waals surface area contributed by atoms with Crippen LogP contribution >= 0.6 is 0 Å². The predicted molar refractivity (Wildman–Crippen MR) is 68.7 cm³/mol. The fraction of sp³-hybridized carbons (Fsp3) is 0.500. The molecular weight excluding hydrogens is 228 g/mol. The normalized spacial score (nSPS) is 22.6. The van der Waals surface area contributed by atoms with Gasteiger partial charge in [-0.15, -0.1) is 0 Å². The van der Waals surface area contributed by atoms with Crippen molar-refractivity contribution >= 4 is 5.91 Å². The van der Waals surface area contributed by atoms with E-state index in [0.717, 1.165) is 37.4 Å². The molecule has 1 saturated heterocycles. The molecular formula is C14H18N2O2. The summed E-state index contributed by atoms with van der Waals surface area (Å²) < 4.78 is 5.57. The van der Waals surface area contributed by atoms with Crippen molar-refractivity contribution in [2.45, 2.75) is 12.3 Å². The first-order valence-corrected chi connectivity index (χ1v) is 6.55. The highest BCUT2D eigenvalue weighted by Crippen LogP contribution is 2.33. The lowest BCUT2D eigenvalue weighted by atomic mass is 9.92. The molecule has 18 heavy (non-hydrogen) atoms. The zero-order chi connectivity index (χ0) is 12.4. The number of ether oxygens (including phenoxy) is 1. The van der Waals surface area contributed by atoms with E-state index >= 15 is 0 Å². The van der Waals surface area contributed by atoms with Crippen molar-refractivity contribution in [3.63, 3.8) is 0 Å². The number of carbonyl (C=O) groups excluding carboxylic acids is 1. The van der Waals surface area contributed by atoms with Gasteiger partial charge < -0.3 is 15.4 Å². The smallest absolute Gasteiger partial charge is 0.227 e. The second-order valence-corrected chi connectivity index (χ2v) is 5.00. The molecule has 0 spiro atoms. The summed E-state index contributed by atoms with van der Waals surface area (Å²) in [6.07, 6.45) is 0.770. The summed E-state index contributed by atoms with van der Waals surface area (Å²) in [5.74, 6) is 1.54. The summed E-state index contributed by atoms with van der Waals surface area (Å²) in [6, 6.07) is 7.83. The van der Waals surface area contributed by atoms with E-state index in [1.54, 1.807) is 0 Å². The second-order valence-electron chi connectivity index (χ2n) is 5.00. The van der Waals surface area contributed by atoms with E-state index in [2.05, 4.69) is 10.6 Å². The van der Waals surface area contributed by atoms with Crippen molar-refractivity contribution in [3.05, 3.63) is 29.8 Å². The van der Waals surface area contributed by atoms with Crippen molar-refractivity contribution < 1.29 is 9.53 Å². The van der Waals surface area contributed by atoms with Crippen LogP contribution in [0.15, 0.2) is 24.3 Å². The van der Waals surface area contributed by atoms with E-state index in [-0.39, 0.29) is 11.8 Å². The summed E-state index contributed by atoms with van der Waals surface area (Å²) in [5.41, 5.74) is 1.02. The minimum absolute atomic E-state index is 0.0528. The number of hydrogen-bond acceptors (Lipinski definition) is 3. The zero-order valence-electron chi connectivity index (χ0n) is 10.3. The van der Waals surface area contributed by atoms with Crippen molar-refractivity contribution in [1.82, 2.24) is 10.6 Å². The van der Waals surface area contributed by atoms with E-state index < -0.39 is 0 Å². The molecule has 0 radical (unpaired) electrons. The molecule has 1 unspecified atom stereocenters. The van der Waals surface area contributed by atoms with Gasteiger partial charge in [0.1, 0.15) is 5.75 Å². The van der Waals surface area contributed by atoms with Crippen LogP contribution in [0.25, 0.3) is 0 Å². The maximum atomic E-state index is 12.2. The SMILES string of the molecule is O=C(NCC1CNC1)C1CCOc2ccccc21. The van der Waals surface area contributed by atoms with Gasteiger partial charge in [0.15, 0.2) is 0 Å². The topological polar surface area (TPSA) is 50.4 Å². The minimum atomic E-state index is -0.0528. The molecule has 2 aliphatic rings. The van der Waals surface area contributed by atoms with Gasteiger partial charge in [-0.2, -0.15) is 0 Å². The lowest BCUT2D eigenvalue weighted by molar-refractivity contribution is -0.123. The Morgan fingerprint density at radius 2 is 2.22 bits per heavy atom. The van der Waals surface area contributed by atoms with Crippen LogP contribution in [0.1, 0.15) is 17.9 Å². The lowest BCUT2D eigenvalue weighted by Gasteiger charge is -2.29. The van der Waals surface area contributed by atoms with Gasteiger partial charge in [0.2, 0.25) is 5.91 Å². The second kappa shape index (κ2) is 4.98. The first kappa shape index (κ1) is 11.5. The Balaban J connectivity index is 1.66. The van der Waals surface area contributed by atoms with E-state index in [9.17, 15) is 4.79 Å². The molecule has 2 aliphatic heterocycles. The van der Waals surface area contributed by atoms with Crippen LogP contribution in [-0.4, -0.2) is 32.1 Å². The van der Waals surface area contributed by atoms with Crippen molar-refractivity contribution in [2.75, 3.05) is 26.2 Å². The van der Waals surface area contributed by atoms with Gasteiger partial charge in [0.25, 0.3) is 0 Å². The Morgan fingerprint density at radius 3 is 3.00 bits per heavy atom. The molecule has 1 atom stereocenters. The van der Waals surface area contributed by atoms with Crippen molar-refractivity contribution in [3.8, 4) is 5.75 Å². The van der Waals surface area contributed by atoms with Gasteiger partial charge in [0, 0.05) is 31.1 Å². The number of para-hydroxylation sites is 1. The van der Waals surface area contributed by atoms with Crippen LogP contribution in [0.4, 0.5) is 0 Å². The molecule has 3 rings (SSSR count). The third-order valence-corrected chi connectivity index (χ3v) is 3.71. The summed E-state index contributed by atoms with van der Waals surface area (Å²) in [5, 5.41) is 6.27. The number of nitrogens with one attached hydrogen (secondary N) is 2. The average Bonchev–Trinajstić information content (AvgIpc) is 2.36. The van der Waals surface area contributed by atoms with Gasteiger partial charge in [-0.1, -0.05) is 18.2 Å². The first-order valence-electron chi connectivity index (χ1n) is 6.55. The van der Waals surface area contributed by atoms with E-state index in [1.165, 1.54) is 0 Å². The number of amides is 1. The fourth-order valence-electron chi connectivity index (χ4n) is 2.48. The maximum Gasteiger partial charge on any atom is 0.227 e. The molecule has 1 amide bonds. The Kier molecular flexibility index (Phi) is 3.19. The summed E-state index contributed by atoms with van der Waals surface area (Å²) in [7, 11) is 0. The first-order chi connectivity index (χ1) is 8.84. The molecule has 0 aliphatic carbocycles. The highest BCUT2D eigenvalue weighted by molar-refractivity contribution is 5.84. The fourth-order valence-corrected chi connectivity index (χ4v) is 2.48. The van der Waals surface area contributed by atoms with Gasteiger partial charge in [-0.3, -0.25) is 4.79 Å². The lowest BCUT2D eigenvalue weighted by Crippen LogP contribution is -2.49. The average molecular weight is 246 g/mol. The Hall–Kier alpha value is -1.55. The van der Waals surface area contributed by atoms with Crippen LogP contribution < -0.4 is 15.4 Å².